The van der Waals surface area contributed by atoms with Crippen LogP contribution in [0.3, 0.4) is 0 Å². The molecule has 1 N–H and O–H groups in total. The molecule has 0 atom stereocenters. The van der Waals surface area contributed by atoms with Crippen molar-refractivity contribution in [2.24, 2.45) is 0 Å². The molecule has 0 radical (unpaired) electrons. The number of pyridine rings is 1. The van der Waals surface area contributed by atoms with Crippen molar-refractivity contribution in [3.63, 3.8) is 0 Å². The third-order valence-corrected chi connectivity index (χ3v) is 6.14. The van der Waals surface area contributed by atoms with Gasteiger partial charge in [0.1, 0.15) is 12.4 Å². The van der Waals surface area contributed by atoms with Crippen molar-refractivity contribution < 1.29 is 14.3 Å². The second-order valence-electron chi connectivity index (χ2n) is 8.26. The molecule has 8 nitrogen and oxygen atoms in total. The fourth-order valence-electron chi connectivity index (χ4n) is 4.60. The molecule has 2 aromatic heterocycles. The molecule has 8 heteroatoms. The highest BCUT2D eigenvalue weighted by Crippen LogP contribution is 2.31. The molecule has 168 valence electrons. The third-order valence-electron chi connectivity index (χ3n) is 6.14. The summed E-state index contributed by atoms with van der Waals surface area (Å²) in [6.45, 7) is -0.515. The standard InChI is InChI=1S/C25H24N4O4/c30-23(27-22-13-14-26-29(22)17-7-1-2-8-17)16-33-24(31)15-28-20-11-5-3-9-18(20)25(32)19-10-4-6-12-21(19)28/h3-6,9-14,17H,1-2,7-8,15-16H2,(H,27,30). The van der Waals surface area contributed by atoms with Gasteiger partial charge in [-0.3, -0.25) is 14.4 Å². The lowest BCUT2D eigenvalue weighted by Crippen LogP contribution is -2.25. The normalized spacial score (nSPS) is 14.1. The quantitative estimate of drug-likeness (QED) is 0.362. The Morgan fingerprint density at radius 1 is 0.970 bits per heavy atom. The first-order valence-corrected chi connectivity index (χ1v) is 11.1. The molecular formula is C25H24N4O4. The molecule has 1 fully saturated rings. The van der Waals surface area contributed by atoms with Crippen LogP contribution in [0.2, 0.25) is 0 Å². The maximum absolute atomic E-state index is 12.8. The second kappa shape index (κ2) is 8.90. The fourth-order valence-corrected chi connectivity index (χ4v) is 4.60. The van der Waals surface area contributed by atoms with Crippen LogP contribution in [0.4, 0.5) is 5.82 Å². The molecule has 0 saturated heterocycles. The van der Waals surface area contributed by atoms with E-state index in [2.05, 4.69) is 10.4 Å². The summed E-state index contributed by atoms with van der Waals surface area (Å²) in [6, 6.07) is 16.3. The molecule has 1 aliphatic rings. The number of hydrogen-bond acceptors (Lipinski definition) is 5. The molecule has 5 rings (SSSR count). The zero-order valence-electron chi connectivity index (χ0n) is 18.1. The van der Waals surface area contributed by atoms with Gasteiger partial charge in [-0.2, -0.15) is 5.10 Å². The molecule has 0 aliphatic heterocycles. The van der Waals surface area contributed by atoms with Crippen molar-refractivity contribution in [2.75, 3.05) is 11.9 Å². The van der Waals surface area contributed by atoms with E-state index in [1.54, 1.807) is 53.2 Å². The van der Waals surface area contributed by atoms with Crippen molar-refractivity contribution in [3.8, 4) is 0 Å². The lowest BCUT2D eigenvalue weighted by molar-refractivity contribution is -0.147. The zero-order valence-corrected chi connectivity index (χ0v) is 18.1. The molecule has 1 aliphatic carbocycles. The average Bonchev–Trinajstić information content (AvgIpc) is 3.52. The molecule has 4 aromatic rings. The van der Waals surface area contributed by atoms with Crippen molar-refractivity contribution in [3.05, 3.63) is 71.0 Å². The molecule has 1 saturated carbocycles. The zero-order chi connectivity index (χ0) is 22.8. The third kappa shape index (κ3) is 4.11. The lowest BCUT2D eigenvalue weighted by Gasteiger charge is -2.16. The molecule has 33 heavy (non-hydrogen) atoms. The minimum atomic E-state index is -0.562. The summed E-state index contributed by atoms with van der Waals surface area (Å²) in [5.41, 5.74) is 1.20. The second-order valence-corrected chi connectivity index (χ2v) is 8.26. The largest absolute Gasteiger partial charge is 0.454 e. The van der Waals surface area contributed by atoms with Crippen LogP contribution in [0.15, 0.2) is 65.6 Å². The number of nitrogens with one attached hydrogen (secondary N) is 1. The monoisotopic (exact) mass is 444 g/mol. The number of anilines is 1. The van der Waals surface area contributed by atoms with E-state index in [0.29, 0.717) is 33.7 Å². The first-order valence-electron chi connectivity index (χ1n) is 11.1. The molecule has 0 bridgehead atoms. The summed E-state index contributed by atoms with van der Waals surface area (Å²) in [6.07, 6.45) is 6.06. The summed E-state index contributed by atoms with van der Waals surface area (Å²) in [5.74, 6) is -0.369. The summed E-state index contributed by atoms with van der Waals surface area (Å²) >= 11 is 0. The maximum atomic E-state index is 12.8. The maximum Gasteiger partial charge on any atom is 0.326 e. The van der Waals surface area contributed by atoms with Gasteiger partial charge in [0.2, 0.25) is 0 Å². The number of nitrogens with zero attached hydrogens (tertiary/aromatic N) is 3. The number of benzene rings is 2. The Morgan fingerprint density at radius 2 is 1.61 bits per heavy atom. The van der Waals surface area contributed by atoms with E-state index in [4.69, 9.17) is 4.74 Å². The van der Waals surface area contributed by atoms with Gasteiger partial charge in [0.15, 0.2) is 12.0 Å². The minimum Gasteiger partial charge on any atom is -0.454 e. The van der Waals surface area contributed by atoms with Gasteiger partial charge in [-0.05, 0) is 37.1 Å². The summed E-state index contributed by atoms with van der Waals surface area (Å²) in [4.78, 5) is 37.9. The van der Waals surface area contributed by atoms with Crippen molar-refractivity contribution >= 4 is 39.5 Å². The Morgan fingerprint density at radius 3 is 2.27 bits per heavy atom. The minimum absolute atomic E-state index is 0.0796. The number of amides is 1. The van der Waals surface area contributed by atoms with Gasteiger partial charge < -0.3 is 14.6 Å². The smallest absolute Gasteiger partial charge is 0.326 e. The highest BCUT2D eigenvalue weighted by molar-refractivity contribution is 5.95. The van der Waals surface area contributed by atoms with E-state index < -0.39 is 18.5 Å². The molecule has 2 heterocycles. The predicted molar refractivity (Wildman–Crippen MR) is 125 cm³/mol. The van der Waals surface area contributed by atoms with Crippen LogP contribution < -0.4 is 10.7 Å². The van der Waals surface area contributed by atoms with E-state index in [1.165, 1.54) is 0 Å². The Balaban J connectivity index is 1.30. The van der Waals surface area contributed by atoms with Crippen LogP contribution in [0.25, 0.3) is 21.8 Å². The van der Waals surface area contributed by atoms with Gasteiger partial charge >= 0.3 is 5.97 Å². The number of carbonyl (C=O) groups excluding carboxylic acids is 2. The SMILES string of the molecule is O=C(COC(=O)Cn1c2ccccc2c(=O)c2ccccc21)Nc1ccnn1C1CCCC1. The summed E-state index contributed by atoms with van der Waals surface area (Å²) in [7, 11) is 0. The molecule has 0 unspecified atom stereocenters. The van der Waals surface area contributed by atoms with Gasteiger partial charge in [-0.15, -0.1) is 0 Å². The summed E-state index contributed by atoms with van der Waals surface area (Å²) in [5, 5.41) is 8.18. The lowest BCUT2D eigenvalue weighted by atomic mass is 10.1. The molecule has 0 spiro atoms. The number of esters is 1. The van der Waals surface area contributed by atoms with Gasteiger partial charge in [0.25, 0.3) is 5.91 Å². The van der Waals surface area contributed by atoms with Crippen molar-refractivity contribution in [1.82, 2.24) is 14.3 Å². The van der Waals surface area contributed by atoms with Gasteiger partial charge in [0, 0.05) is 16.8 Å². The van der Waals surface area contributed by atoms with E-state index in [-0.39, 0.29) is 12.0 Å². The first-order chi connectivity index (χ1) is 16.1. The number of fused-ring (bicyclic) bond motifs is 2. The Kier molecular flexibility index (Phi) is 5.64. The van der Waals surface area contributed by atoms with Gasteiger partial charge in [-0.1, -0.05) is 37.1 Å². The molecule has 2 aromatic carbocycles. The van der Waals surface area contributed by atoms with E-state index >= 15 is 0 Å². The van der Waals surface area contributed by atoms with E-state index in [0.717, 1.165) is 25.7 Å². The number of para-hydroxylation sites is 2. The number of hydrogen-bond donors (Lipinski definition) is 1. The topological polar surface area (TPSA) is 95.2 Å². The van der Waals surface area contributed by atoms with E-state index in [9.17, 15) is 14.4 Å². The number of ether oxygens (including phenoxy) is 1. The van der Waals surface area contributed by atoms with Gasteiger partial charge in [0.05, 0.1) is 23.3 Å². The molecule has 1 amide bonds. The highest BCUT2D eigenvalue weighted by atomic mass is 16.5. The Bertz CT molecular complexity index is 1340. The first kappa shape index (κ1) is 20.9. The van der Waals surface area contributed by atoms with Crippen molar-refractivity contribution in [2.45, 2.75) is 38.3 Å². The Labute approximate surface area is 189 Å². The number of aromatic nitrogens is 3. The van der Waals surface area contributed by atoms with Crippen LogP contribution in [-0.4, -0.2) is 32.8 Å². The number of carbonyl (C=O) groups is 2. The Hall–Kier alpha value is -3.94. The predicted octanol–water partition coefficient (Wildman–Crippen LogP) is 3.65. The van der Waals surface area contributed by atoms with Crippen LogP contribution in [0, 0.1) is 0 Å². The summed E-state index contributed by atoms with van der Waals surface area (Å²) < 4.78 is 8.86. The van der Waals surface area contributed by atoms with Crippen LogP contribution in [0.5, 0.6) is 0 Å². The van der Waals surface area contributed by atoms with Gasteiger partial charge in [-0.25, -0.2) is 4.68 Å². The molecular weight excluding hydrogens is 420 g/mol. The van der Waals surface area contributed by atoms with Crippen LogP contribution >= 0.6 is 0 Å². The van der Waals surface area contributed by atoms with E-state index in [1.807, 2.05) is 16.8 Å². The fraction of sp³-hybridized carbons (Fsp3) is 0.280. The van der Waals surface area contributed by atoms with Crippen molar-refractivity contribution in [1.29, 1.82) is 0 Å². The highest BCUT2D eigenvalue weighted by Gasteiger charge is 2.21. The number of rotatable bonds is 6. The van der Waals surface area contributed by atoms with Crippen LogP contribution in [0.1, 0.15) is 31.7 Å². The average molecular weight is 444 g/mol. The van der Waals surface area contributed by atoms with Crippen LogP contribution in [-0.2, 0) is 20.9 Å².